The molecule has 104 valence electrons. The molecule has 2 heteroatoms. The number of halogens is 2. The first-order valence-electron chi connectivity index (χ1n) is 7.17. The highest BCUT2D eigenvalue weighted by Crippen LogP contribution is 2.36. The minimum absolute atomic E-state index is 0.271. The van der Waals surface area contributed by atoms with E-state index in [0.717, 1.165) is 0 Å². The van der Waals surface area contributed by atoms with E-state index in [1.165, 1.54) is 46.8 Å². The Kier molecular flexibility index (Phi) is 4.32. The van der Waals surface area contributed by atoms with E-state index in [4.69, 9.17) is 0 Å². The second-order valence-corrected chi connectivity index (χ2v) is 7.32. The third-order valence-corrected chi connectivity index (χ3v) is 6.13. The summed E-state index contributed by atoms with van der Waals surface area (Å²) in [5.74, 6) is 0. The molecule has 0 spiro atoms. The van der Waals surface area contributed by atoms with Crippen LogP contribution in [0.5, 0.6) is 0 Å². The smallest absolute Gasteiger partial charge is 0.0647 e. The van der Waals surface area contributed by atoms with Gasteiger partial charge in [-0.15, -0.1) is 0 Å². The van der Waals surface area contributed by atoms with E-state index in [2.05, 4.69) is 75.2 Å². The van der Waals surface area contributed by atoms with Crippen molar-refractivity contribution in [3.05, 3.63) is 68.7 Å². The van der Waals surface area contributed by atoms with Crippen LogP contribution in [-0.2, 0) is 12.8 Å². The normalized spacial score (nSPS) is 15.8. The minimum atomic E-state index is 0.271. The molecule has 1 unspecified atom stereocenters. The molecule has 2 aromatic rings. The molecule has 3 rings (SSSR count). The van der Waals surface area contributed by atoms with Gasteiger partial charge in [0, 0.05) is 4.47 Å². The molecule has 0 saturated heterocycles. The van der Waals surface area contributed by atoms with Gasteiger partial charge >= 0.3 is 0 Å². The summed E-state index contributed by atoms with van der Waals surface area (Å²) in [5.41, 5.74) is 7.12. The molecule has 2 aromatic carbocycles. The molecule has 0 bridgehead atoms. The first-order valence-corrected chi connectivity index (χ1v) is 8.88. The number of fused-ring (bicyclic) bond motifs is 1. The first-order chi connectivity index (χ1) is 9.66. The Morgan fingerprint density at radius 2 is 1.75 bits per heavy atom. The number of aryl methyl sites for hydroxylation is 2. The van der Waals surface area contributed by atoms with Crippen molar-refractivity contribution in [1.82, 2.24) is 0 Å². The zero-order valence-electron chi connectivity index (χ0n) is 11.6. The van der Waals surface area contributed by atoms with Gasteiger partial charge in [-0.3, -0.25) is 0 Å². The van der Waals surface area contributed by atoms with Crippen LogP contribution in [0.2, 0.25) is 0 Å². The van der Waals surface area contributed by atoms with E-state index in [0.29, 0.717) is 0 Å². The van der Waals surface area contributed by atoms with Gasteiger partial charge in [-0.25, -0.2) is 0 Å². The predicted octanol–water partition coefficient (Wildman–Crippen LogP) is 6.12. The van der Waals surface area contributed by atoms with E-state index < -0.39 is 0 Å². The van der Waals surface area contributed by atoms with Gasteiger partial charge in [0.25, 0.3) is 0 Å². The summed E-state index contributed by atoms with van der Waals surface area (Å²) in [5, 5.41) is 0. The summed E-state index contributed by atoms with van der Waals surface area (Å²) >= 11 is 7.51. The van der Waals surface area contributed by atoms with Crippen molar-refractivity contribution in [3.8, 4) is 0 Å². The lowest BCUT2D eigenvalue weighted by atomic mass is 9.89. The lowest BCUT2D eigenvalue weighted by molar-refractivity contribution is 0.684. The summed E-state index contributed by atoms with van der Waals surface area (Å²) in [6, 6.07) is 13.4. The molecule has 0 fully saturated rings. The van der Waals surface area contributed by atoms with Crippen molar-refractivity contribution < 1.29 is 0 Å². The van der Waals surface area contributed by atoms with Crippen LogP contribution in [0.1, 0.15) is 45.5 Å². The van der Waals surface area contributed by atoms with Gasteiger partial charge in [0.1, 0.15) is 0 Å². The lowest BCUT2D eigenvalue weighted by Gasteiger charge is -2.20. The fraction of sp³-hybridized carbons (Fsp3) is 0.333. The van der Waals surface area contributed by atoms with Crippen molar-refractivity contribution in [3.63, 3.8) is 0 Å². The largest absolute Gasteiger partial charge is 0.0786 e. The average molecular weight is 394 g/mol. The van der Waals surface area contributed by atoms with Crippen LogP contribution in [0.4, 0.5) is 0 Å². The third kappa shape index (κ3) is 2.73. The van der Waals surface area contributed by atoms with Gasteiger partial charge in [0.15, 0.2) is 0 Å². The van der Waals surface area contributed by atoms with Crippen LogP contribution in [0.3, 0.4) is 0 Å². The zero-order chi connectivity index (χ0) is 14.1. The highest BCUT2D eigenvalue weighted by atomic mass is 79.9. The molecular weight excluding hydrogens is 376 g/mol. The topological polar surface area (TPSA) is 0 Å². The standard InChI is InChI=1S/C18H18Br2/c1-12-16(7-4-8-17(12)19)18(20)15-10-9-13-5-2-3-6-14(13)11-15/h4,7-11,18H,2-3,5-6H2,1H3. The van der Waals surface area contributed by atoms with E-state index in [-0.39, 0.29) is 4.83 Å². The fourth-order valence-corrected chi connectivity index (χ4v) is 4.15. The second-order valence-electron chi connectivity index (χ2n) is 5.55. The Bertz CT molecular complexity index is 631. The number of hydrogen-bond donors (Lipinski definition) is 0. The van der Waals surface area contributed by atoms with E-state index in [9.17, 15) is 0 Å². The first kappa shape index (κ1) is 14.3. The van der Waals surface area contributed by atoms with Crippen molar-refractivity contribution in [2.24, 2.45) is 0 Å². The Labute approximate surface area is 137 Å². The third-order valence-electron chi connectivity index (χ3n) is 4.25. The quantitative estimate of drug-likeness (QED) is 0.539. The fourth-order valence-electron chi connectivity index (χ4n) is 2.99. The maximum absolute atomic E-state index is 3.89. The summed E-state index contributed by atoms with van der Waals surface area (Å²) in [6.07, 6.45) is 5.16. The highest BCUT2D eigenvalue weighted by Gasteiger charge is 2.16. The van der Waals surface area contributed by atoms with Crippen molar-refractivity contribution in [2.75, 3.05) is 0 Å². The lowest BCUT2D eigenvalue weighted by Crippen LogP contribution is -2.04. The number of rotatable bonds is 2. The summed E-state index contributed by atoms with van der Waals surface area (Å²) in [4.78, 5) is 0.271. The van der Waals surface area contributed by atoms with Crippen LogP contribution in [0, 0.1) is 6.92 Å². The minimum Gasteiger partial charge on any atom is -0.0786 e. The Balaban J connectivity index is 1.98. The predicted molar refractivity (Wildman–Crippen MR) is 92.7 cm³/mol. The maximum Gasteiger partial charge on any atom is 0.0647 e. The van der Waals surface area contributed by atoms with Gasteiger partial charge in [-0.05, 0) is 66.5 Å². The maximum atomic E-state index is 3.89. The second kappa shape index (κ2) is 6.03. The molecule has 0 heterocycles. The van der Waals surface area contributed by atoms with Gasteiger partial charge in [-0.2, -0.15) is 0 Å². The number of hydrogen-bond acceptors (Lipinski definition) is 0. The molecule has 0 aliphatic heterocycles. The highest BCUT2D eigenvalue weighted by molar-refractivity contribution is 9.10. The van der Waals surface area contributed by atoms with Crippen LogP contribution >= 0.6 is 31.9 Å². The number of alkyl halides is 1. The van der Waals surface area contributed by atoms with E-state index >= 15 is 0 Å². The van der Waals surface area contributed by atoms with E-state index in [1.807, 2.05) is 0 Å². The van der Waals surface area contributed by atoms with Crippen LogP contribution < -0.4 is 0 Å². The van der Waals surface area contributed by atoms with Gasteiger partial charge in [0.05, 0.1) is 4.83 Å². The van der Waals surface area contributed by atoms with Gasteiger partial charge in [0.2, 0.25) is 0 Å². The molecular formula is C18H18Br2. The molecule has 0 aromatic heterocycles. The van der Waals surface area contributed by atoms with E-state index in [1.54, 1.807) is 11.1 Å². The average Bonchev–Trinajstić information content (AvgIpc) is 2.49. The van der Waals surface area contributed by atoms with Crippen molar-refractivity contribution in [2.45, 2.75) is 37.4 Å². The van der Waals surface area contributed by atoms with Crippen molar-refractivity contribution in [1.29, 1.82) is 0 Å². The van der Waals surface area contributed by atoms with Crippen LogP contribution in [-0.4, -0.2) is 0 Å². The summed E-state index contributed by atoms with van der Waals surface area (Å²) in [6.45, 7) is 2.17. The van der Waals surface area contributed by atoms with Crippen LogP contribution in [0.25, 0.3) is 0 Å². The van der Waals surface area contributed by atoms with Crippen molar-refractivity contribution >= 4 is 31.9 Å². The molecule has 0 saturated carbocycles. The molecule has 0 nitrogen and oxygen atoms in total. The molecule has 1 aliphatic carbocycles. The van der Waals surface area contributed by atoms with Crippen LogP contribution in [0.15, 0.2) is 40.9 Å². The number of benzene rings is 2. The molecule has 1 atom stereocenters. The SMILES string of the molecule is Cc1c(Br)cccc1C(Br)c1ccc2c(c1)CCCC2. The molecule has 1 aliphatic rings. The van der Waals surface area contributed by atoms with Gasteiger partial charge in [-0.1, -0.05) is 62.2 Å². The monoisotopic (exact) mass is 392 g/mol. The molecule has 0 radical (unpaired) electrons. The molecule has 20 heavy (non-hydrogen) atoms. The molecule has 0 amide bonds. The zero-order valence-corrected chi connectivity index (χ0v) is 14.8. The van der Waals surface area contributed by atoms with Gasteiger partial charge < -0.3 is 0 Å². The molecule has 0 N–H and O–H groups in total. The summed E-state index contributed by atoms with van der Waals surface area (Å²) in [7, 11) is 0. The Hall–Kier alpha value is -0.600. The summed E-state index contributed by atoms with van der Waals surface area (Å²) < 4.78 is 1.18. The Morgan fingerprint density at radius 3 is 2.55 bits per heavy atom. The Morgan fingerprint density at radius 1 is 1.00 bits per heavy atom.